The quantitative estimate of drug-likeness (QED) is 0.831. The van der Waals surface area contributed by atoms with Crippen molar-refractivity contribution in [3.05, 3.63) is 47.8 Å². The molecule has 6 heteroatoms. The van der Waals surface area contributed by atoms with Crippen LogP contribution in [0, 0.1) is 0 Å². The minimum absolute atomic E-state index is 0.0409. The van der Waals surface area contributed by atoms with Gasteiger partial charge in [-0.05, 0) is 44.7 Å². The number of hydrogen-bond donors (Lipinski definition) is 1. The Morgan fingerprint density at radius 2 is 1.96 bits per heavy atom. The SMILES string of the molecule is CCC1CCCCN1c1ncc(C(=O)Nc2cccc(C(C)=O)c2)cn1. The Morgan fingerprint density at radius 1 is 1.19 bits per heavy atom. The number of carbonyl (C=O) groups is 2. The van der Waals surface area contributed by atoms with Gasteiger partial charge in [0, 0.05) is 36.2 Å². The first-order chi connectivity index (χ1) is 12.6. The zero-order chi connectivity index (χ0) is 18.5. The van der Waals surface area contributed by atoms with Gasteiger partial charge in [0.2, 0.25) is 5.95 Å². The van der Waals surface area contributed by atoms with Gasteiger partial charge in [-0.25, -0.2) is 9.97 Å². The summed E-state index contributed by atoms with van der Waals surface area (Å²) in [6.07, 6.45) is 7.75. The molecule has 0 spiro atoms. The first kappa shape index (κ1) is 18.0. The zero-order valence-electron chi connectivity index (χ0n) is 15.2. The Bertz CT molecular complexity index is 789. The van der Waals surface area contributed by atoms with Gasteiger partial charge in [0.25, 0.3) is 5.91 Å². The van der Waals surface area contributed by atoms with Crippen molar-refractivity contribution in [1.82, 2.24) is 9.97 Å². The number of aromatic nitrogens is 2. The highest BCUT2D eigenvalue weighted by Crippen LogP contribution is 2.23. The summed E-state index contributed by atoms with van der Waals surface area (Å²) in [4.78, 5) is 34.9. The molecule has 1 saturated heterocycles. The summed E-state index contributed by atoms with van der Waals surface area (Å²) in [5, 5.41) is 2.79. The number of ketones is 1. The molecule has 26 heavy (non-hydrogen) atoms. The van der Waals surface area contributed by atoms with Crippen LogP contribution in [0.5, 0.6) is 0 Å². The molecule has 1 aromatic heterocycles. The van der Waals surface area contributed by atoms with Crippen molar-refractivity contribution in [3.8, 4) is 0 Å². The first-order valence-corrected chi connectivity index (χ1v) is 9.09. The van der Waals surface area contributed by atoms with Gasteiger partial charge in [-0.2, -0.15) is 0 Å². The van der Waals surface area contributed by atoms with Gasteiger partial charge < -0.3 is 10.2 Å². The van der Waals surface area contributed by atoms with Gasteiger partial charge in [0.15, 0.2) is 5.78 Å². The molecule has 3 rings (SSSR count). The summed E-state index contributed by atoms with van der Waals surface area (Å²) < 4.78 is 0. The number of benzene rings is 1. The third-order valence-corrected chi connectivity index (χ3v) is 4.78. The monoisotopic (exact) mass is 352 g/mol. The van der Waals surface area contributed by atoms with E-state index in [1.165, 1.54) is 13.3 Å². The van der Waals surface area contributed by atoms with E-state index < -0.39 is 0 Å². The number of amides is 1. The lowest BCUT2D eigenvalue weighted by molar-refractivity contribution is 0.101. The molecule has 136 valence electrons. The Hall–Kier alpha value is -2.76. The van der Waals surface area contributed by atoms with Gasteiger partial charge in [0.1, 0.15) is 0 Å². The van der Waals surface area contributed by atoms with Crippen molar-refractivity contribution in [2.45, 2.75) is 45.6 Å². The molecule has 1 fully saturated rings. The van der Waals surface area contributed by atoms with Crippen LogP contribution in [-0.4, -0.2) is 34.2 Å². The second-order valence-electron chi connectivity index (χ2n) is 6.61. The number of piperidine rings is 1. The van der Waals surface area contributed by atoms with Gasteiger partial charge in [0.05, 0.1) is 5.56 Å². The number of Topliss-reactive ketones (excluding diaryl/α,β-unsaturated/α-hetero) is 1. The third kappa shape index (κ3) is 4.07. The highest BCUT2D eigenvalue weighted by molar-refractivity contribution is 6.04. The highest BCUT2D eigenvalue weighted by Gasteiger charge is 2.23. The molecule has 0 radical (unpaired) electrons. The second kappa shape index (κ2) is 8.08. The fraction of sp³-hybridized carbons (Fsp3) is 0.400. The molecule has 0 aliphatic carbocycles. The van der Waals surface area contributed by atoms with E-state index in [-0.39, 0.29) is 11.7 Å². The van der Waals surface area contributed by atoms with E-state index in [9.17, 15) is 9.59 Å². The molecule has 0 bridgehead atoms. The molecule has 0 saturated carbocycles. The maximum Gasteiger partial charge on any atom is 0.258 e. The molecule has 2 heterocycles. The number of nitrogens with one attached hydrogen (secondary N) is 1. The first-order valence-electron chi connectivity index (χ1n) is 9.09. The fourth-order valence-electron chi connectivity index (χ4n) is 3.29. The van der Waals surface area contributed by atoms with Crippen LogP contribution < -0.4 is 10.2 Å². The zero-order valence-corrected chi connectivity index (χ0v) is 15.2. The van der Waals surface area contributed by atoms with Gasteiger partial charge >= 0.3 is 0 Å². The van der Waals surface area contributed by atoms with E-state index in [1.54, 1.807) is 36.7 Å². The van der Waals surface area contributed by atoms with E-state index >= 15 is 0 Å². The highest BCUT2D eigenvalue weighted by atomic mass is 16.1. The maximum atomic E-state index is 12.4. The van der Waals surface area contributed by atoms with Crippen LogP contribution in [0.1, 0.15) is 60.2 Å². The molecule has 1 aromatic carbocycles. The van der Waals surface area contributed by atoms with Crippen molar-refractivity contribution >= 4 is 23.3 Å². The average Bonchev–Trinajstić information content (AvgIpc) is 2.68. The predicted molar refractivity (Wildman–Crippen MR) is 102 cm³/mol. The van der Waals surface area contributed by atoms with E-state index in [4.69, 9.17) is 0 Å². The number of rotatable bonds is 5. The molecule has 1 unspecified atom stereocenters. The maximum absolute atomic E-state index is 12.4. The summed E-state index contributed by atoms with van der Waals surface area (Å²) in [5.41, 5.74) is 1.53. The summed E-state index contributed by atoms with van der Waals surface area (Å²) in [5.74, 6) is 0.357. The third-order valence-electron chi connectivity index (χ3n) is 4.78. The Morgan fingerprint density at radius 3 is 2.65 bits per heavy atom. The van der Waals surface area contributed by atoms with Crippen molar-refractivity contribution in [1.29, 1.82) is 0 Å². The lowest BCUT2D eigenvalue weighted by Crippen LogP contribution is -2.40. The van der Waals surface area contributed by atoms with Crippen LogP contribution in [0.3, 0.4) is 0 Å². The number of carbonyl (C=O) groups excluding carboxylic acids is 2. The summed E-state index contributed by atoms with van der Waals surface area (Å²) in [6.45, 7) is 4.64. The van der Waals surface area contributed by atoms with Crippen LogP contribution >= 0.6 is 0 Å². The lowest BCUT2D eigenvalue weighted by Gasteiger charge is -2.35. The Kier molecular flexibility index (Phi) is 5.61. The second-order valence-corrected chi connectivity index (χ2v) is 6.61. The number of nitrogens with zero attached hydrogens (tertiary/aromatic N) is 3. The van der Waals surface area contributed by atoms with Crippen LogP contribution in [0.25, 0.3) is 0 Å². The van der Waals surface area contributed by atoms with Gasteiger partial charge in [-0.15, -0.1) is 0 Å². The van der Waals surface area contributed by atoms with E-state index in [0.29, 0.717) is 28.8 Å². The predicted octanol–water partition coefficient (Wildman–Crippen LogP) is 3.70. The van der Waals surface area contributed by atoms with E-state index in [0.717, 1.165) is 25.8 Å². The van der Waals surface area contributed by atoms with Crippen LogP contribution in [0.2, 0.25) is 0 Å². The molecular weight excluding hydrogens is 328 g/mol. The normalized spacial score (nSPS) is 17.0. The van der Waals surface area contributed by atoms with Crippen molar-refractivity contribution in [2.24, 2.45) is 0 Å². The molecule has 1 amide bonds. The molecular formula is C20H24N4O2. The molecule has 1 aliphatic rings. The van der Waals surface area contributed by atoms with Crippen LogP contribution in [-0.2, 0) is 0 Å². The van der Waals surface area contributed by atoms with Crippen LogP contribution in [0.15, 0.2) is 36.7 Å². The lowest BCUT2D eigenvalue weighted by atomic mass is 10.0. The molecule has 6 nitrogen and oxygen atoms in total. The largest absolute Gasteiger partial charge is 0.338 e. The van der Waals surface area contributed by atoms with E-state index in [1.807, 2.05) is 0 Å². The van der Waals surface area contributed by atoms with Gasteiger partial charge in [-0.1, -0.05) is 19.1 Å². The van der Waals surface area contributed by atoms with E-state index in [2.05, 4.69) is 27.1 Å². The van der Waals surface area contributed by atoms with Crippen molar-refractivity contribution in [2.75, 3.05) is 16.8 Å². The van der Waals surface area contributed by atoms with Crippen molar-refractivity contribution < 1.29 is 9.59 Å². The standard InChI is InChI=1S/C20H24N4O2/c1-3-18-9-4-5-10-24(18)20-21-12-16(13-22-20)19(26)23-17-8-6-7-15(11-17)14(2)25/h6-8,11-13,18H,3-5,9-10H2,1-2H3,(H,23,26). The molecule has 1 N–H and O–H groups in total. The minimum atomic E-state index is -0.289. The molecule has 1 atom stereocenters. The average molecular weight is 352 g/mol. The van der Waals surface area contributed by atoms with Crippen molar-refractivity contribution in [3.63, 3.8) is 0 Å². The topological polar surface area (TPSA) is 75.2 Å². The molecule has 2 aromatic rings. The fourth-order valence-corrected chi connectivity index (χ4v) is 3.29. The summed E-state index contributed by atoms with van der Waals surface area (Å²) in [7, 11) is 0. The minimum Gasteiger partial charge on any atom is -0.338 e. The number of hydrogen-bond acceptors (Lipinski definition) is 5. The summed E-state index contributed by atoms with van der Waals surface area (Å²) in [6, 6.07) is 7.35. The molecule has 1 aliphatic heterocycles. The smallest absolute Gasteiger partial charge is 0.258 e. The Labute approximate surface area is 153 Å². The summed E-state index contributed by atoms with van der Waals surface area (Å²) >= 11 is 0. The number of anilines is 2. The van der Waals surface area contributed by atoms with Crippen LogP contribution in [0.4, 0.5) is 11.6 Å². The Balaban J connectivity index is 1.71. The van der Waals surface area contributed by atoms with Gasteiger partial charge in [-0.3, -0.25) is 9.59 Å².